The number of rotatable bonds is 5. The molecule has 4 nitrogen and oxygen atoms in total. The largest absolute Gasteiger partial charge is 0.481 e. The maximum Gasteiger partial charge on any atom is 0.310 e. The number of hydrogen-bond donors (Lipinski definition) is 2. The summed E-state index contributed by atoms with van der Waals surface area (Å²) in [6.07, 6.45) is 5.59. The van der Waals surface area contributed by atoms with Gasteiger partial charge in [0.25, 0.3) is 0 Å². The Morgan fingerprint density at radius 2 is 1.89 bits per heavy atom. The first-order valence-corrected chi connectivity index (χ1v) is 7.04. The van der Waals surface area contributed by atoms with Crippen molar-refractivity contribution in [3.8, 4) is 0 Å². The van der Waals surface area contributed by atoms with Crippen molar-refractivity contribution >= 4 is 11.9 Å². The Labute approximate surface area is 108 Å². The van der Waals surface area contributed by atoms with Crippen molar-refractivity contribution in [2.24, 2.45) is 17.3 Å². The van der Waals surface area contributed by atoms with Gasteiger partial charge in [0.1, 0.15) is 0 Å². The number of carboxylic acids is 1. The molecule has 2 N–H and O–H groups in total. The predicted octanol–water partition coefficient (Wildman–Crippen LogP) is 2.18. The first-order valence-electron chi connectivity index (χ1n) is 7.04. The lowest BCUT2D eigenvalue weighted by molar-refractivity contribution is -0.154. The smallest absolute Gasteiger partial charge is 0.310 e. The monoisotopic (exact) mass is 253 g/mol. The Balaban J connectivity index is 1.84. The number of aliphatic carboxylic acids is 1. The molecule has 0 aromatic rings. The summed E-state index contributed by atoms with van der Waals surface area (Å²) in [5.41, 5.74) is -0.794. The van der Waals surface area contributed by atoms with E-state index < -0.39 is 11.4 Å². The van der Waals surface area contributed by atoms with Crippen LogP contribution in [0, 0.1) is 17.3 Å². The van der Waals surface area contributed by atoms with Gasteiger partial charge in [0.05, 0.1) is 5.41 Å². The summed E-state index contributed by atoms with van der Waals surface area (Å²) in [5.74, 6) is 0.449. The summed E-state index contributed by atoms with van der Waals surface area (Å²) in [7, 11) is 0. The summed E-state index contributed by atoms with van der Waals surface area (Å²) in [6, 6.07) is 0. The molecule has 0 saturated heterocycles. The van der Waals surface area contributed by atoms with Crippen molar-refractivity contribution in [2.45, 2.75) is 51.9 Å². The molecule has 2 aliphatic carbocycles. The van der Waals surface area contributed by atoms with Crippen molar-refractivity contribution in [3.63, 3.8) is 0 Å². The van der Waals surface area contributed by atoms with Crippen molar-refractivity contribution in [3.05, 3.63) is 0 Å². The van der Waals surface area contributed by atoms with Crippen LogP contribution < -0.4 is 5.32 Å². The fraction of sp³-hybridized carbons (Fsp3) is 0.857. The van der Waals surface area contributed by atoms with Crippen LogP contribution in [-0.2, 0) is 9.59 Å². The molecular weight excluding hydrogens is 230 g/mol. The van der Waals surface area contributed by atoms with Gasteiger partial charge < -0.3 is 10.4 Å². The van der Waals surface area contributed by atoms with Crippen LogP contribution in [0.5, 0.6) is 0 Å². The van der Waals surface area contributed by atoms with E-state index in [-0.39, 0.29) is 12.3 Å². The van der Waals surface area contributed by atoms with Crippen LogP contribution in [0.3, 0.4) is 0 Å². The number of carbonyl (C=O) groups excluding carboxylic acids is 1. The summed E-state index contributed by atoms with van der Waals surface area (Å²) >= 11 is 0. The fourth-order valence-electron chi connectivity index (χ4n) is 2.99. The number of hydrogen-bond acceptors (Lipinski definition) is 2. The molecule has 0 spiro atoms. The zero-order valence-corrected chi connectivity index (χ0v) is 11.1. The molecule has 2 aliphatic rings. The minimum absolute atomic E-state index is 0.0848. The Morgan fingerprint density at radius 1 is 1.28 bits per heavy atom. The van der Waals surface area contributed by atoms with Crippen molar-refractivity contribution < 1.29 is 14.7 Å². The molecule has 0 heterocycles. The van der Waals surface area contributed by atoms with E-state index in [4.69, 9.17) is 0 Å². The van der Waals surface area contributed by atoms with E-state index in [1.165, 1.54) is 6.42 Å². The van der Waals surface area contributed by atoms with E-state index in [2.05, 4.69) is 12.2 Å². The molecule has 2 atom stereocenters. The number of carbonyl (C=O) groups is 2. The molecule has 0 radical (unpaired) electrons. The van der Waals surface area contributed by atoms with E-state index >= 15 is 0 Å². The van der Waals surface area contributed by atoms with Crippen molar-refractivity contribution in [2.75, 3.05) is 6.54 Å². The summed E-state index contributed by atoms with van der Waals surface area (Å²) in [4.78, 5) is 23.3. The van der Waals surface area contributed by atoms with Gasteiger partial charge in [-0.1, -0.05) is 26.2 Å². The zero-order valence-electron chi connectivity index (χ0n) is 11.1. The molecule has 18 heavy (non-hydrogen) atoms. The minimum atomic E-state index is -0.794. The predicted molar refractivity (Wildman–Crippen MR) is 68.1 cm³/mol. The van der Waals surface area contributed by atoms with Crippen molar-refractivity contribution in [1.82, 2.24) is 5.32 Å². The van der Waals surface area contributed by atoms with Gasteiger partial charge in [-0.2, -0.15) is 0 Å². The van der Waals surface area contributed by atoms with Gasteiger partial charge >= 0.3 is 5.97 Å². The van der Waals surface area contributed by atoms with E-state index in [1.807, 2.05) is 0 Å². The molecule has 2 rings (SSSR count). The highest BCUT2D eigenvalue weighted by Gasteiger charge is 2.41. The Bertz CT molecular complexity index is 334. The first-order chi connectivity index (χ1) is 8.53. The first kappa shape index (κ1) is 13.4. The van der Waals surface area contributed by atoms with Gasteiger partial charge in [-0.3, -0.25) is 9.59 Å². The third-order valence-electron chi connectivity index (χ3n) is 4.60. The standard InChI is InChI=1S/C14H23NO3/c1-10-7-11(10)9-15-12(16)8-14(13(17)18)5-3-2-4-6-14/h10-11H,2-9H2,1H3,(H,15,16)(H,17,18). The number of nitrogens with one attached hydrogen (secondary N) is 1. The zero-order chi connectivity index (χ0) is 13.2. The highest BCUT2D eigenvalue weighted by Crippen LogP contribution is 2.40. The second-order valence-corrected chi connectivity index (χ2v) is 6.10. The topological polar surface area (TPSA) is 66.4 Å². The lowest BCUT2D eigenvalue weighted by Gasteiger charge is -2.32. The lowest BCUT2D eigenvalue weighted by Crippen LogP contribution is -2.39. The molecular formula is C14H23NO3. The normalized spacial score (nSPS) is 29.6. The fourth-order valence-corrected chi connectivity index (χ4v) is 2.99. The lowest BCUT2D eigenvalue weighted by atomic mass is 9.71. The van der Waals surface area contributed by atoms with Gasteiger partial charge in [0, 0.05) is 13.0 Å². The van der Waals surface area contributed by atoms with Crippen LogP contribution in [0.1, 0.15) is 51.9 Å². The quantitative estimate of drug-likeness (QED) is 0.789. The Kier molecular flexibility index (Phi) is 3.93. The van der Waals surface area contributed by atoms with Gasteiger partial charge in [-0.25, -0.2) is 0 Å². The summed E-state index contributed by atoms with van der Waals surface area (Å²) in [6.45, 7) is 2.90. The van der Waals surface area contributed by atoms with E-state index in [0.29, 0.717) is 24.7 Å². The van der Waals surface area contributed by atoms with Gasteiger partial charge in [-0.05, 0) is 31.1 Å². The van der Waals surface area contributed by atoms with Gasteiger partial charge in [-0.15, -0.1) is 0 Å². The Hall–Kier alpha value is -1.06. The molecule has 2 fully saturated rings. The molecule has 1 amide bonds. The summed E-state index contributed by atoms with van der Waals surface area (Å²) in [5, 5.41) is 12.3. The van der Waals surface area contributed by atoms with Crippen LogP contribution in [0.15, 0.2) is 0 Å². The SMILES string of the molecule is CC1CC1CNC(=O)CC1(C(=O)O)CCCCC1. The van der Waals surface area contributed by atoms with E-state index in [1.54, 1.807) is 0 Å². The maximum absolute atomic E-state index is 11.9. The molecule has 102 valence electrons. The third-order valence-corrected chi connectivity index (χ3v) is 4.60. The average Bonchev–Trinajstić information content (AvgIpc) is 3.04. The molecule has 0 aromatic carbocycles. The summed E-state index contributed by atoms with van der Waals surface area (Å²) < 4.78 is 0. The van der Waals surface area contributed by atoms with Crippen LogP contribution in [0.2, 0.25) is 0 Å². The third kappa shape index (κ3) is 3.03. The second-order valence-electron chi connectivity index (χ2n) is 6.10. The number of amides is 1. The maximum atomic E-state index is 11.9. The average molecular weight is 253 g/mol. The molecule has 0 aromatic heterocycles. The van der Waals surface area contributed by atoms with Gasteiger partial charge in [0.2, 0.25) is 5.91 Å². The van der Waals surface area contributed by atoms with E-state index in [9.17, 15) is 14.7 Å². The van der Waals surface area contributed by atoms with Crippen LogP contribution in [0.25, 0.3) is 0 Å². The molecule has 0 aliphatic heterocycles. The van der Waals surface area contributed by atoms with Gasteiger partial charge in [0.15, 0.2) is 0 Å². The number of carboxylic acid groups (broad SMARTS) is 1. The highest BCUT2D eigenvalue weighted by molar-refractivity contribution is 5.85. The van der Waals surface area contributed by atoms with Crippen LogP contribution >= 0.6 is 0 Å². The van der Waals surface area contributed by atoms with Crippen molar-refractivity contribution in [1.29, 1.82) is 0 Å². The molecule has 2 saturated carbocycles. The Morgan fingerprint density at radius 3 is 2.39 bits per heavy atom. The highest BCUT2D eigenvalue weighted by atomic mass is 16.4. The molecule has 4 heteroatoms. The van der Waals surface area contributed by atoms with Crippen LogP contribution in [-0.4, -0.2) is 23.5 Å². The second kappa shape index (κ2) is 5.29. The minimum Gasteiger partial charge on any atom is -0.481 e. The van der Waals surface area contributed by atoms with E-state index in [0.717, 1.165) is 25.8 Å². The van der Waals surface area contributed by atoms with Crippen LogP contribution in [0.4, 0.5) is 0 Å². The molecule has 2 unspecified atom stereocenters. The molecule has 0 bridgehead atoms.